The van der Waals surface area contributed by atoms with Crippen LogP contribution in [0.2, 0.25) is 0 Å². The van der Waals surface area contributed by atoms with E-state index in [-0.39, 0.29) is 70.7 Å². The van der Waals surface area contributed by atoms with Gasteiger partial charge < -0.3 is 14.2 Å². The molecule has 84 heavy (non-hydrogen) atoms. The summed E-state index contributed by atoms with van der Waals surface area (Å²) in [5.41, 5.74) is -0.688. The monoisotopic (exact) mass is 1210 g/mol. The van der Waals surface area contributed by atoms with Crippen LogP contribution in [-0.4, -0.2) is 67.3 Å². The van der Waals surface area contributed by atoms with Crippen LogP contribution in [0.1, 0.15) is 307 Å². The molecule has 0 radical (unpaired) electrons. The fourth-order valence-corrected chi connectivity index (χ4v) is 8.79. The number of ether oxygens (including phenoxy) is 3. The van der Waals surface area contributed by atoms with Crippen LogP contribution in [0.3, 0.4) is 0 Å². The van der Waals surface area contributed by atoms with Crippen LogP contribution in [0, 0.1) is 98.6 Å². The van der Waals surface area contributed by atoms with Crippen LogP contribution in [-0.2, 0) is 38.2 Å². The van der Waals surface area contributed by atoms with Crippen molar-refractivity contribution in [2.45, 2.75) is 319 Å². The van der Waals surface area contributed by atoms with Gasteiger partial charge in [-0.1, -0.05) is 228 Å². The Bertz CT molecular complexity index is 1590. The second-order valence-corrected chi connectivity index (χ2v) is 32.6. The van der Waals surface area contributed by atoms with Gasteiger partial charge in [0, 0.05) is 67.0 Å². The SMILES string of the molecule is CC(C)C(=O)C(C)C.CC(C)C(=O)CC(C)(C)C.CC(C)C(=O)OC(C)(C)C.CC(C)CC(=O)C(C)C.CC(C)CC(C)(C)C.CC(C)CC(C)(C)C(F)(F)F.CC(C)CC1(C)COC1.CC(C)CC1CCOCC1.CCC(C)C(=O)C(C)C. The second-order valence-electron chi connectivity index (χ2n) is 32.6. The minimum atomic E-state index is -4.07. The Balaban J connectivity index is -0.000000159. The molecule has 11 heteroatoms. The van der Waals surface area contributed by atoms with Gasteiger partial charge in [-0.3, -0.25) is 24.0 Å². The van der Waals surface area contributed by atoms with Crippen LogP contribution >= 0.6 is 0 Å². The molecule has 2 aliphatic heterocycles. The molecule has 8 nitrogen and oxygen atoms in total. The molecular weight excluding hydrogens is 1060 g/mol. The molecule has 1 atom stereocenters. The van der Waals surface area contributed by atoms with Crippen LogP contribution in [0.5, 0.6) is 0 Å². The third-order valence-electron chi connectivity index (χ3n) is 12.9. The van der Waals surface area contributed by atoms with Gasteiger partial charge in [-0.05, 0) is 112 Å². The van der Waals surface area contributed by atoms with Gasteiger partial charge in [0.15, 0.2) is 0 Å². The lowest BCUT2D eigenvalue weighted by atomic mass is 9.80. The van der Waals surface area contributed by atoms with Gasteiger partial charge >= 0.3 is 12.1 Å². The molecule has 0 saturated carbocycles. The predicted octanol–water partition coefficient (Wildman–Crippen LogP) is 22.2. The maximum Gasteiger partial charge on any atom is 0.393 e. The van der Waals surface area contributed by atoms with E-state index in [4.69, 9.17) is 14.2 Å². The van der Waals surface area contributed by atoms with Crippen molar-refractivity contribution in [1.29, 1.82) is 0 Å². The molecule has 0 aliphatic carbocycles. The molecule has 0 aromatic rings. The van der Waals surface area contributed by atoms with E-state index in [1.165, 1.54) is 46.0 Å². The summed E-state index contributed by atoms with van der Waals surface area (Å²) in [5.74, 6) is 6.69. The summed E-state index contributed by atoms with van der Waals surface area (Å²) >= 11 is 0. The highest BCUT2D eigenvalue weighted by atomic mass is 19.4. The summed E-state index contributed by atoms with van der Waals surface area (Å²) in [5, 5.41) is 0. The summed E-state index contributed by atoms with van der Waals surface area (Å²) < 4.78 is 52.1. The standard InChI is InChI=1S/2C9H18O.C8H15F3.C8H16O2.3C8H16O.C8H18.C7H14O/c1-8(2)7-9-3-5-10-6-4-9;1-7(2)8(10)6-9(3,4)5;1-6(2)5-7(3,4)8(9,10)11;1-6(2)7(9)10-8(3,4)5;1-7(2)4-8(3)5-9-6-8;1-6(2)5-8(9)7(3)4;1-5-7(4)8(9)6(2)3;1-7(2)6-8(3,4)5;1-5(2)7(8)6(3)4/h8-9H,3-7H2,1-2H3;7H,6H2,1-5H3;6H,5H2,1-4H3;6H,1-5H3;7H,4-6H2,1-3H3;2*6-7H,5H2,1-4H3;7H,6H2,1-5H3;5-6H,1-4H3. The lowest BCUT2D eigenvalue weighted by Gasteiger charge is -2.39. The molecule has 0 aromatic carbocycles. The Hall–Kier alpha value is -2.14. The number of Topliss-reactive ketones (excluding diaryl/α,β-unsaturated/α-hetero) is 4. The van der Waals surface area contributed by atoms with Crippen LogP contribution in [0.25, 0.3) is 0 Å². The Kier molecular flexibility index (Phi) is 54.4. The van der Waals surface area contributed by atoms with E-state index >= 15 is 0 Å². The van der Waals surface area contributed by atoms with Crippen molar-refractivity contribution < 1.29 is 51.4 Å². The molecule has 2 saturated heterocycles. The predicted molar refractivity (Wildman–Crippen MR) is 357 cm³/mol. The number of hydrogen-bond donors (Lipinski definition) is 0. The maximum atomic E-state index is 12.2. The normalized spacial score (nSPS) is 14.8. The summed E-state index contributed by atoms with van der Waals surface area (Å²) in [6, 6.07) is 0. The minimum absolute atomic E-state index is 0.0285. The molecule has 0 spiro atoms. The molecular formula is C73H147F3O8. The molecule has 508 valence electrons. The highest BCUT2D eigenvalue weighted by Crippen LogP contribution is 2.42. The van der Waals surface area contributed by atoms with Crippen molar-refractivity contribution in [3.8, 4) is 0 Å². The van der Waals surface area contributed by atoms with Crippen molar-refractivity contribution >= 4 is 29.1 Å². The smallest absolute Gasteiger partial charge is 0.393 e. The number of esters is 1. The van der Waals surface area contributed by atoms with E-state index in [9.17, 15) is 37.1 Å². The summed E-state index contributed by atoms with van der Waals surface area (Å²) in [4.78, 5) is 55.0. The van der Waals surface area contributed by atoms with E-state index in [2.05, 4.69) is 104 Å². The first-order chi connectivity index (χ1) is 37.3. The number of rotatable bonds is 18. The summed E-state index contributed by atoms with van der Waals surface area (Å²) in [6.45, 7) is 76.0. The third kappa shape index (κ3) is 67.4. The van der Waals surface area contributed by atoms with E-state index in [1.807, 2.05) is 118 Å². The average Bonchev–Trinajstić information content (AvgIpc) is 3.26. The second kappa shape index (κ2) is 47.8. The fraction of sp³-hybridized carbons (Fsp3) is 0.932. The first kappa shape index (κ1) is 95.5. The number of carbonyl (C=O) groups is 5. The highest BCUT2D eigenvalue weighted by molar-refractivity contribution is 5.83. The Morgan fingerprint density at radius 2 is 0.881 bits per heavy atom. The first-order valence-electron chi connectivity index (χ1n) is 32.9. The molecule has 1 unspecified atom stereocenters. The van der Waals surface area contributed by atoms with E-state index in [0.717, 1.165) is 62.9 Å². The largest absolute Gasteiger partial charge is 0.460 e. The van der Waals surface area contributed by atoms with Crippen molar-refractivity contribution in [2.24, 2.45) is 98.6 Å². The van der Waals surface area contributed by atoms with Crippen LogP contribution < -0.4 is 0 Å². The maximum absolute atomic E-state index is 12.2. The average molecular weight is 1210 g/mol. The number of halogens is 3. The van der Waals surface area contributed by atoms with Gasteiger partial charge in [0.2, 0.25) is 0 Å². The van der Waals surface area contributed by atoms with Gasteiger partial charge in [-0.15, -0.1) is 0 Å². The molecule has 0 bridgehead atoms. The minimum Gasteiger partial charge on any atom is -0.460 e. The molecule has 2 rings (SSSR count). The van der Waals surface area contributed by atoms with Crippen molar-refractivity contribution in [2.75, 3.05) is 26.4 Å². The molecule has 2 heterocycles. The number of hydrogen-bond acceptors (Lipinski definition) is 8. The Morgan fingerprint density at radius 1 is 0.488 bits per heavy atom. The van der Waals surface area contributed by atoms with E-state index in [0.29, 0.717) is 46.3 Å². The van der Waals surface area contributed by atoms with Gasteiger partial charge in [-0.2, -0.15) is 13.2 Å². The molecule has 0 aromatic heterocycles. The zero-order valence-corrected chi connectivity index (χ0v) is 62.6. The van der Waals surface area contributed by atoms with Gasteiger partial charge in [0.25, 0.3) is 0 Å². The lowest BCUT2D eigenvalue weighted by molar-refractivity contribution is -0.216. The van der Waals surface area contributed by atoms with E-state index < -0.39 is 11.6 Å². The molecule has 2 aliphatic rings. The van der Waals surface area contributed by atoms with Crippen molar-refractivity contribution in [3.63, 3.8) is 0 Å². The highest BCUT2D eigenvalue weighted by Gasteiger charge is 2.47. The van der Waals surface area contributed by atoms with Crippen LogP contribution in [0.4, 0.5) is 13.2 Å². The van der Waals surface area contributed by atoms with Gasteiger partial charge in [0.05, 0.1) is 24.5 Å². The zero-order chi connectivity index (χ0) is 68.7. The topological polar surface area (TPSA) is 113 Å². The molecule has 2 fully saturated rings. The van der Waals surface area contributed by atoms with Gasteiger partial charge in [-0.25, -0.2) is 0 Å². The van der Waals surface area contributed by atoms with Crippen molar-refractivity contribution in [1.82, 2.24) is 0 Å². The van der Waals surface area contributed by atoms with Crippen LogP contribution in [0.15, 0.2) is 0 Å². The Morgan fingerprint density at radius 3 is 1.01 bits per heavy atom. The zero-order valence-electron chi connectivity index (χ0n) is 62.6. The number of alkyl halides is 3. The van der Waals surface area contributed by atoms with E-state index in [1.54, 1.807) is 13.8 Å². The number of ketones is 4. The quantitative estimate of drug-likeness (QED) is 0.125. The number of carbonyl (C=O) groups excluding carboxylic acids is 5. The Labute approximate surface area is 522 Å². The summed E-state index contributed by atoms with van der Waals surface area (Å²) in [7, 11) is 0. The van der Waals surface area contributed by atoms with Gasteiger partial charge in [0.1, 0.15) is 28.7 Å². The fourth-order valence-electron chi connectivity index (χ4n) is 8.79. The third-order valence-corrected chi connectivity index (χ3v) is 12.9. The van der Waals surface area contributed by atoms with Crippen molar-refractivity contribution in [3.05, 3.63) is 0 Å². The molecule has 0 amide bonds. The lowest BCUT2D eigenvalue weighted by Crippen LogP contribution is -2.40. The first-order valence-corrected chi connectivity index (χ1v) is 32.9. The molecule has 0 N–H and O–H groups in total. The summed E-state index contributed by atoms with van der Waals surface area (Å²) in [6.07, 6.45) is 5.13.